The summed E-state index contributed by atoms with van der Waals surface area (Å²) in [5.41, 5.74) is 1.40. The van der Waals surface area contributed by atoms with Crippen molar-refractivity contribution in [2.75, 3.05) is 5.32 Å². The van der Waals surface area contributed by atoms with Crippen LogP contribution in [0.5, 0.6) is 0 Å². The molecule has 0 saturated carbocycles. The smallest absolute Gasteiger partial charge is 0.227 e. The molecule has 0 fully saturated rings. The average Bonchev–Trinajstić information content (AvgIpc) is 3.30. The third-order valence-electron chi connectivity index (χ3n) is 3.83. The Morgan fingerprint density at radius 3 is 2.88 bits per heavy atom. The van der Waals surface area contributed by atoms with Gasteiger partial charge in [-0.05, 0) is 36.4 Å². The van der Waals surface area contributed by atoms with E-state index in [2.05, 4.69) is 20.4 Å². The molecule has 7 nitrogen and oxygen atoms in total. The SMILES string of the molecule is O=C(CCc1nc(-c2ccc(F)cc2)no1)Nc1cccc2nccn12. The van der Waals surface area contributed by atoms with Crippen molar-refractivity contribution in [3.05, 3.63) is 66.6 Å². The molecule has 130 valence electrons. The van der Waals surface area contributed by atoms with E-state index in [-0.39, 0.29) is 18.1 Å². The summed E-state index contributed by atoms with van der Waals surface area (Å²) in [5, 5.41) is 6.70. The number of fused-ring (bicyclic) bond motifs is 1. The van der Waals surface area contributed by atoms with Gasteiger partial charge in [-0.3, -0.25) is 9.20 Å². The Balaban J connectivity index is 1.39. The van der Waals surface area contributed by atoms with Crippen molar-refractivity contribution in [3.63, 3.8) is 0 Å². The third kappa shape index (κ3) is 3.30. The van der Waals surface area contributed by atoms with Gasteiger partial charge in [0.15, 0.2) is 0 Å². The quantitative estimate of drug-likeness (QED) is 0.597. The van der Waals surface area contributed by atoms with Crippen LogP contribution in [-0.4, -0.2) is 25.4 Å². The Hall–Kier alpha value is -3.55. The lowest BCUT2D eigenvalue weighted by atomic mass is 10.2. The maximum Gasteiger partial charge on any atom is 0.227 e. The summed E-state index contributed by atoms with van der Waals surface area (Å²) in [6.07, 6.45) is 3.94. The molecule has 1 aromatic carbocycles. The van der Waals surface area contributed by atoms with E-state index in [1.54, 1.807) is 35.0 Å². The Morgan fingerprint density at radius 1 is 1.19 bits per heavy atom. The lowest BCUT2D eigenvalue weighted by molar-refractivity contribution is -0.116. The number of anilines is 1. The zero-order chi connectivity index (χ0) is 17.9. The topological polar surface area (TPSA) is 85.3 Å². The Morgan fingerprint density at radius 2 is 2.04 bits per heavy atom. The molecule has 0 bridgehead atoms. The molecule has 4 rings (SSSR count). The van der Waals surface area contributed by atoms with Gasteiger partial charge in [0.05, 0.1) is 0 Å². The van der Waals surface area contributed by atoms with E-state index in [9.17, 15) is 9.18 Å². The predicted octanol–water partition coefficient (Wildman–Crippen LogP) is 3.09. The molecule has 1 N–H and O–H groups in total. The molecular formula is C18H14FN5O2. The molecule has 0 spiro atoms. The van der Waals surface area contributed by atoms with Crippen molar-refractivity contribution in [1.82, 2.24) is 19.5 Å². The number of pyridine rings is 1. The van der Waals surface area contributed by atoms with Crippen LogP contribution in [0.25, 0.3) is 17.0 Å². The number of nitrogens with zero attached hydrogens (tertiary/aromatic N) is 4. The number of amides is 1. The van der Waals surface area contributed by atoms with Crippen LogP contribution >= 0.6 is 0 Å². The minimum Gasteiger partial charge on any atom is -0.339 e. The zero-order valence-corrected chi connectivity index (χ0v) is 13.6. The number of carbonyl (C=O) groups is 1. The summed E-state index contributed by atoms with van der Waals surface area (Å²) in [7, 11) is 0. The van der Waals surface area contributed by atoms with E-state index in [1.807, 2.05) is 12.1 Å². The summed E-state index contributed by atoms with van der Waals surface area (Å²) >= 11 is 0. The Bertz CT molecular complexity index is 1050. The Kier molecular flexibility index (Phi) is 4.14. The minimum atomic E-state index is -0.331. The van der Waals surface area contributed by atoms with Crippen LogP contribution in [0.3, 0.4) is 0 Å². The number of hydrogen-bond donors (Lipinski definition) is 1. The lowest BCUT2D eigenvalue weighted by Gasteiger charge is -2.06. The highest BCUT2D eigenvalue weighted by Gasteiger charge is 2.12. The molecule has 4 aromatic rings. The number of imidazole rings is 1. The van der Waals surface area contributed by atoms with Crippen LogP contribution in [0.15, 0.2) is 59.4 Å². The van der Waals surface area contributed by atoms with Gasteiger partial charge in [0.2, 0.25) is 17.6 Å². The van der Waals surface area contributed by atoms with Crippen LogP contribution < -0.4 is 5.32 Å². The van der Waals surface area contributed by atoms with E-state index in [1.165, 1.54) is 12.1 Å². The summed E-state index contributed by atoms with van der Waals surface area (Å²) in [5.74, 6) is 0.848. The molecule has 8 heteroatoms. The predicted molar refractivity (Wildman–Crippen MR) is 91.8 cm³/mol. The fraction of sp³-hybridized carbons (Fsp3) is 0.111. The van der Waals surface area contributed by atoms with Crippen LogP contribution in [0.2, 0.25) is 0 Å². The molecule has 0 aliphatic rings. The normalized spacial score (nSPS) is 11.0. The number of halogens is 1. The molecule has 26 heavy (non-hydrogen) atoms. The summed E-state index contributed by atoms with van der Waals surface area (Å²) in [6.45, 7) is 0. The van der Waals surface area contributed by atoms with Crippen molar-refractivity contribution in [1.29, 1.82) is 0 Å². The fourth-order valence-corrected chi connectivity index (χ4v) is 2.55. The number of carbonyl (C=O) groups excluding carboxylic acids is 1. The lowest BCUT2D eigenvalue weighted by Crippen LogP contribution is -2.14. The largest absolute Gasteiger partial charge is 0.339 e. The van der Waals surface area contributed by atoms with Gasteiger partial charge in [0.1, 0.15) is 17.3 Å². The van der Waals surface area contributed by atoms with Crippen molar-refractivity contribution in [2.45, 2.75) is 12.8 Å². The van der Waals surface area contributed by atoms with Gasteiger partial charge in [-0.15, -0.1) is 0 Å². The molecule has 0 atom stereocenters. The summed E-state index contributed by atoms with van der Waals surface area (Å²) < 4.78 is 19.9. The van der Waals surface area contributed by atoms with E-state index in [0.29, 0.717) is 29.5 Å². The molecule has 0 aliphatic heterocycles. The van der Waals surface area contributed by atoms with Crippen molar-refractivity contribution in [3.8, 4) is 11.4 Å². The van der Waals surface area contributed by atoms with Gasteiger partial charge in [-0.25, -0.2) is 9.37 Å². The monoisotopic (exact) mass is 351 g/mol. The fourth-order valence-electron chi connectivity index (χ4n) is 2.55. The number of nitrogens with one attached hydrogen (secondary N) is 1. The maximum atomic E-state index is 13.0. The van der Waals surface area contributed by atoms with E-state index >= 15 is 0 Å². The van der Waals surface area contributed by atoms with Gasteiger partial charge < -0.3 is 9.84 Å². The van der Waals surface area contributed by atoms with Crippen LogP contribution in [-0.2, 0) is 11.2 Å². The highest BCUT2D eigenvalue weighted by molar-refractivity contribution is 5.90. The first-order valence-corrected chi connectivity index (χ1v) is 7.99. The summed E-state index contributed by atoms with van der Waals surface area (Å²) in [4.78, 5) is 20.6. The highest BCUT2D eigenvalue weighted by atomic mass is 19.1. The molecule has 1 amide bonds. The van der Waals surface area contributed by atoms with Crippen molar-refractivity contribution in [2.24, 2.45) is 0 Å². The first-order valence-electron chi connectivity index (χ1n) is 7.99. The van der Waals surface area contributed by atoms with E-state index in [0.717, 1.165) is 5.65 Å². The van der Waals surface area contributed by atoms with Crippen LogP contribution in [0.1, 0.15) is 12.3 Å². The molecule has 0 saturated heterocycles. The number of benzene rings is 1. The number of aromatic nitrogens is 4. The molecule has 3 heterocycles. The maximum absolute atomic E-state index is 13.0. The van der Waals surface area contributed by atoms with Crippen molar-refractivity contribution < 1.29 is 13.7 Å². The molecule has 0 radical (unpaired) electrons. The van der Waals surface area contributed by atoms with Gasteiger partial charge in [-0.1, -0.05) is 11.2 Å². The average molecular weight is 351 g/mol. The second-order valence-corrected chi connectivity index (χ2v) is 5.63. The molecular weight excluding hydrogens is 337 g/mol. The number of aryl methyl sites for hydroxylation is 1. The zero-order valence-electron chi connectivity index (χ0n) is 13.6. The summed E-state index contributed by atoms with van der Waals surface area (Å²) in [6, 6.07) is 11.3. The second-order valence-electron chi connectivity index (χ2n) is 5.63. The van der Waals surface area contributed by atoms with Gasteiger partial charge >= 0.3 is 0 Å². The van der Waals surface area contributed by atoms with E-state index < -0.39 is 0 Å². The third-order valence-corrected chi connectivity index (χ3v) is 3.83. The first-order chi connectivity index (χ1) is 12.7. The standard InChI is InChI=1S/C18H14FN5O2/c19-13-6-4-12(5-7-13)18-22-17(26-23-18)9-8-16(25)21-15-3-1-2-14-20-10-11-24(14)15/h1-7,10-11H,8-9H2,(H,21,25). The van der Waals surface area contributed by atoms with Gasteiger partial charge in [0, 0.05) is 30.8 Å². The number of hydrogen-bond acceptors (Lipinski definition) is 5. The molecule has 0 aliphatic carbocycles. The van der Waals surface area contributed by atoms with Gasteiger partial charge in [-0.2, -0.15) is 4.98 Å². The van der Waals surface area contributed by atoms with Crippen LogP contribution in [0.4, 0.5) is 10.2 Å². The number of rotatable bonds is 5. The second kappa shape index (κ2) is 6.75. The van der Waals surface area contributed by atoms with Gasteiger partial charge in [0.25, 0.3) is 0 Å². The molecule has 3 aromatic heterocycles. The van der Waals surface area contributed by atoms with Crippen LogP contribution in [0, 0.1) is 5.82 Å². The van der Waals surface area contributed by atoms with E-state index in [4.69, 9.17) is 4.52 Å². The minimum absolute atomic E-state index is 0.173. The van der Waals surface area contributed by atoms with Crippen molar-refractivity contribution >= 4 is 17.4 Å². The molecule has 0 unspecified atom stereocenters. The Labute approximate surface area is 147 Å². The first kappa shape index (κ1) is 15.9. The highest BCUT2D eigenvalue weighted by Crippen LogP contribution is 2.17.